The van der Waals surface area contributed by atoms with E-state index in [1.165, 1.54) is 6.33 Å². The number of nitrogens with two attached hydrogens (primary N) is 1. The van der Waals surface area contributed by atoms with Crippen LogP contribution in [0.25, 0.3) is 0 Å². The maximum absolute atomic E-state index is 9.02. The molecule has 0 spiro atoms. The van der Waals surface area contributed by atoms with Gasteiger partial charge in [0.2, 0.25) is 0 Å². The molecule has 4 N–H and O–H groups in total. The van der Waals surface area contributed by atoms with Gasteiger partial charge in [0.05, 0.1) is 18.2 Å². The maximum Gasteiger partial charge on any atom is 0.107 e. The minimum absolute atomic E-state index is 0.224. The Morgan fingerprint density at radius 2 is 2.67 bits per heavy atom. The topological polar surface area (TPSA) is 74.9 Å². The SMILES string of the molecule is NC[C@H](O)c1cnc[nH]1. The van der Waals surface area contributed by atoms with E-state index in [4.69, 9.17) is 10.8 Å². The molecule has 0 aliphatic heterocycles. The highest BCUT2D eigenvalue weighted by Crippen LogP contribution is 2.03. The summed E-state index contributed by atoms with van der Waals surface area (Å²) in [4.78, 5) is 6.47. The zero-order valence-electron chi connectivity index (χ0n) is 4.91. The van der Waals surface area contributed by atoms with Gasteiger partial charge in [0, 0.05) is 6.54 Å². The number of aliphatic hydroxyl groups is 1. The molecule has 4 nitrogen and oxygen atoms in total. The van der Waals surface area contributed by atoms with Crippen LogP contribution in [0.3, 0.4) is 0 Å². The molecule has 0 fully saturated rings. The number of hydrogen-bond donors (Lipinski definition) is 3. The number of imidazole rings is 1. The Kier molecular flexibility index (Phi) is 1.81. The van der Waals surface area contributed by atoms with Crippen LogP contribution in [0, 0.1) is 0 Å². The Labute approximate surface area is 52.7 Å². The maximum atomic E-state index is 9.02. The average Bonchev–Trinajstić information content (AvgIpc) is 2.37. The Balaban J connectivity index is 2.65. The van der Waals surface area contributed by atoms with E-state index in [1.54, 1.807) is 6.20 Å². The van der Waals surface area contributed by atoms with E-state index in [0.29, 0.717) is 5.69 Å². The summed E-state index contributed by atoms with van der Waals surface area (Å²) in [5.41, 5.74) is 5.83. The van der Waals surface area contributed by atoms with Crippen molar-refractivity contribution in [2.45, 2.75) is 6.10 Å². The van der Waals surface area contributed by atoms with E-state index in [1.807, 2.05) is 0 Å². The molecule has 0 radical (unpaired) electrons. The molecule has 0 bridgehead atoms. The van der Waals surface area contributed by atoms with Crippen molar-refractivity contribution >= 4 is 0 Å². The minimum atomic E-state index is -0.604. The number of nitrogens with zero attached hydrogens (tertiary/aromatic N) is 1. The van der Waals surface area contributed by atoms with Crippen molar-refractivity contribution in [2.75, 3.05) is 6.54 Å². The minimum Gasteiger partial charge on any atom is -0.386 e. The zero-order chi connectivity index (χ0) is 6.69. The van der Waals surface area contributed by atoms with Gasteiger partial charge in [0.15, 0.2) is 0 Å². The third-order valence-corrected chi connectivity index (χ3v) is 1.10. The van der Waals surface area contributed by atoms with Crippen molar-refractivity contribution in [3.8, 4) is 0 Å². The Bertz CT molecular complexity index is 161. The largest absolute Gasteiger partial charge is 0.386 e. The molecule has 9 heavy (non-hydrogen) atoms. The Morgan fingerprint density at radius 1 is 1.89 bits per heavy atom. The lowest BCUT2D eigenvalue weighted by molar-refractivity contribution is 0.182. The molecule has 0 aliphatic carbocycles. The first-order valence-electron chi connectivity index (χ1n) is 2.71. The lowest BCUT2D eigenvalue weighted by atomic mass is 10.3. The van der Waals surface area contributed by atoms with E-state index in [-0.39, 0.29) is 6.54 Å². The lowest BCUT2D eigenvalue weighted by Gasteiger charge is -2.01. The van der Waals surface area contributed by atoms with E-state index in [2.05, 4.69) is 9.97 Å². The molecule has 0 amide bonds. The molecule has 0 unspecified atom stereocenters. The summed E-state index contributed by atoms with van der Waals surface area (Å²) >= 11 is 0. The number of H-pyrrole nitrogens is 1. The summed E-state index contributed by atoms with van der Waals surface area (Å²) in [6.07, 6.45) is 2.46. The molecule has 50 valence electrons. The first-order chi connectivity index (χ1) is 4.34. The Hall–Kier alpha value is -0.870. The van der Waals surface area contributed by atoms with E-state index < -0.39 is 6.10 Å². The first kappa shape index (κ1) is 6.25. The third-order valence-electron chi connectivity index (χ3n) is 1.10. The van der Waals surface area contributed by atoms with Gasteiger partial charge < -0.3 is 15.8 Å². The molecule has 1 atom stereocenters. The van der Waals surface area contributed by atoms with Crippen molar-refractivity contribution in [1.29, 1.82) is 0 Å². The van der Waals surface area contributed by atoms with Crippen molar-refractivity contribution < 1.29 is 5.11 Å². The van der Waals surface area contributed by atoms with Crippen LogP contribution in [0.1, 0.15) is 11.8 Å². The van der Waals surface area contributed by atoms with Gasteiger partial charge in [-0.3, -0.25) is 0 Å². The van der Waals surface area contributed by atoms with Crippen LogP contribution < -0.4 is 5.73 Å². The second-order valence-corrected chi connectivity index (χ2v) is 1.76. The highest BCUT2D eigenvalue weighted by atomic mass is 16.3. The van der Waals surface area contributed by atoms with Crippen LogP contribution in [0.15, 0.2) is 12.5 Å². The van der Waals surface area contributed by atoms with Gasteiger partial charge in [0.1, 0.15) is 6.10 Å². The quantitative estimate of drug-likeness (QED) is 0.496. The fraction of sp³-hybridized carbons (Fsp3) is 0.400. The number of rotatable bonds is 2. The van der Waals surface area contributed by atoms with Crippen LogP contribution in [-0.4, -0.2) is 21.6 Å². The molecule has 1 aromatic heterocycles. The molecule has 1 heterocycles. The van der Waals surface area contributed by atoms with Gasteiger partial charge in [-0.05, 0) is 0 Å². The summed E-state index contributed by atoms with van der Waals surface area (Å²) < 4.78 is 0. The molecule has 1 rings (SSSR count). The van der Waals surface area contributed by atoms with Crippen molar-refractivity contribution in [2.24, 2.45) is 5.73 Å². The summed E-state index contributed by atoms with van der Waals surface area (Å²) in [6, 6.07) is 0. The van der Waals surface area contributed by atoms with Crippen LogP contribution in [0.2, 0.25) is 0 Å². The van der Waals surface area contributed by atoms with E-state index >= 15 is 0 Å². The normalized spacial score (nSPS) is 13.6. The van der Waals surface area contributed by atoms with Gasteiger partial charge in [-0.15, -0.1) is 0 Å². The van der Waals surface area contributed by atoms with Crippen molar-refractivity contribution in [3.05, 3.63) is 18.2 Å². The molecule has 0 saturated carbocycles. The third kappa shape index (κ3) is 1.28. The molecule has 0 aromatic carbocycles. The number of aromatic nitrogens is 2. The van der Waals surface area contributed by atoms with Crippen molar-refractivity contribution in [1.82, 2.24) is 9.97 Å². The number of aliphatic hydroxyl groups excluding tert-OH is 1. The lowest BCUT2D eigenvalue weighted by Crippen LogP contribution is -2.11. The zero-order valence-corrected chi connectivity index (χ0v) is 4.91. The van der Waals surface area contributed by atoms with Gasteiger partial charge in [-0.2, -0.15) is 0 Å². The molecule has 4 heteroatoms. The van der Waals surface area contributed by atoms with Crippen molar-refractivity contribution in [3.63, 3.8) is 0 Å². The predicted octanol–water partition coefficient (Wildman–Crippen LogP) is -0.598. The molecular weight excluding hydrogens is 118 g/mol. The number of aromatic amines is 1. The second-order valence-electron chi connectivity index (χ2n) is 1.76. The van der Waals surface area contributed by atoms with Gasteiger partial charge in [0.25, 0.3) is 0 Å². The van der Waals surface area contributed by atoms with Crippen LogP contribution in [-0.2, 0) is 0 Å². The molecule has 1 aromatic rings. The average molecular weight is 127 g/mol. The number of nitrogens with one attached hydrogen (secondary N) is 1. The monoisotopic (exact) mass is 127 g/mol. The van der Waals surface area contributed by atoms with E-state index in [0.717, 1.165) is 0 Å². The molecule has 0 saturated heterocycles. The molecule has 0 aliphatic rings. The molecular formula is C5H9N3O. The smallest absolute Gasteiger partial charge is 0.107 e. The van der Waals surface area contributed by atoms with Crippen LogP contribution in [0.5, 0.6) is 0 Å². The summed E-state index contributed by atoms with van der Waals surface area (Å²) in [5, 5.41) is 9.02. The second kappa shape index (κ2) is 2.61. The summed E-state index contributed by atoms with van der Waals surface area (Å²) in [6.45, 7) is 0.224. The fourth-order valence-electron chi connectivity index (χ4n) is 0.576. The van der Waals surface area contributed by atoms with Crippen LogP contribution in [0.4, 0.5) is 0 Å². The highest BCUT2D eigenvalue weighted by Gasteiger charge is 2.03. The van der Waals surface area contributed by atoms with Gasteiger partial charge >= 0.3 is 0 Å². The fourth-order valence-corrected chi connectivity index (χ4v) is 0.576. The Morgan fingerprint density at radius 3 is 3.11 bits per heavy atom. The summed E-state index contributed by atoms with van der Waals surface area (Å²) in [5.74, 6) is 0. The van der Waals surface area contributed by atoms with E-state index in [9.17, 15) is 0 Å². The highest BCUT2D eigenvalue weighted by molar-refractivity contribution is 4.98. The first-order valence-corrected chi connectivity index (χ1v) is 2.71. The standard InChI is InChI=1S/C5H9N3O/c6-1-5(9)4-2-7-3-8-4/h2-3,5,9H,1,6H2,(H,7,8)/t5-/m0/s1. The number of hydrogen-bond acceptors (Lipinski definition) is 3. The predicted molar refractivity (Wildman–Crippen MR) is 32.6 cm³/mol. The van der Waals surface area contributed by atoms with Gasteiger partial charge in [-0.1, -0.05) is 0 Å². The van der Waals surface area contributed by atoms with Crippen LogP contribution >= 0.6 is 0 Å². The van der Waals surface area contributed by atoms with Gasteiger partial charge in [-0.25, -0.2) is 4.98 Å². The summed E-state index contributed by atoms with van der Waals surface area (Å²) in [7, 11) is 0.